The third kappa shape index (κ3) is 3.87. The zero-order chi connectivity index (χ0) is 25.4. The van der Waals surface area contributed by atoms with Gasteiger partial charge >= 0.3 is 0 Å². The van der Waals surface area contributed by atoms with Crippen molar-refractivity contribution >= 4 is 17.7 Å². The molecule has 2 fully saturated rings. The molecule has 0 aliphatic carbocycles. The summed E-state index contributed by atoms with van der Waals surface area (Å²) in [6, 6.07) is 8.28. The number of carbonyl (C=O) groups excluding carboxylic acids is 3. The lowest BCUT2D eigenvalue weighted by molar-refractivity contribution is -0.151. The number of rotatable bonds is 7. The standard InChI is InChI=1S/C28H35N3O5/c1-3-4-14-29-16-9-13-28-23(26(34)31(19(2)18-32)24(28)27(29)35)22-21(36-28)12-8-15-30(25(22)33)17-20-10-6-5-7-11-20/h5-13,19,21-24,32H,3-4,14-18H2,1-2H3/t19-,21+,22-,23+,24?,28+/m1/s1. The van der Waals surface area contributed by atoms with Gasteiger partial charge in [0.05, 0.1) is 30.6 Å². The van der Waals surface area contributed by atoms with Gasteiger partial charge in [-0.25, -0.2) is 0 Å². The van der Waals surface area contributed by atoms with E-state index in [0.717, 1.165) is 18.4 Å². The second kappa shape index (κ2) is 9.82. The smallest absolute Gasteiger partial charge is 0.249 e. The van der Waals surface area contributed by atoms with E-state index in [2.05, 4.69) is 6.92 Å². The number of nitrogens with zero attached hydrogens (tertiary/aromatic N) is 3. The van der Waals surface area contributed by atoms with Gasteiger partial charge < -0.3 is 24.5 Å². The highest BCUT2D eigenvalue weighted by Crippen LogP contribution is 2.54. The van der Waals surface area contributed by atoms with Gasteiger partial charge in [-0.1, -0.05) is 68.0 Å². The van der Waals surface area contributed by atoms with Crippen molar-refractivity contribution in [1.29, 1.82) is 0 Å². The van der Waals surface area contributed by atoms with E-state index in [4.69, 9.17) is 4.74 Å². The van der Waals surface area contributed by atoms with E-state index in [1.54, 1.807) is 16.7 Å². The van der Waals surface area contributed by atoms with Crippen LogP contribution in [0.15, 0.2) is 54.6 Å². The first kappa shape index (κ1) is 24.7. The predicted molar refractivity (Wildman–Crippen MR) is 133 cm³/mol. The Labute approximate surface area is 212 Å². The molecule has 0 radical (unpaired) electrons. The molecule has 4 heterocycles. The van der Waals surface area contributed by atoms with Crippen LogP contribution in [0.5, 0.6) is 0 Å². The van der Waals surface area contributed by atoms with Crippen LogP contribution >= 0.6 is 0 Å². The van der Waals surface area contributed by atoms with E-state index in [0.29, 0.717) is 26.2 Å². The summed E-state index contributed by atoms with van der Waals surface area (Å²) < 4.78 is 6.62. The second-order valence-electron chi connectivity index (χ2n) is 10.3. The minimum atomic E-state index is -1.25. The molecule has 36 heavy (non-hydrogen) atoms. The van der Waals surface area contributed by atoms with Crippen LogP contribution in [0.2, 0.25) is 0 Å². The first-order valence-corrected chi connectivity index (χ1v) is 13.0. The van der Waals surface area contributed by atoms with Crippen molar-refractivity contribution in [1.82, 2.24) is 14.7 Å². The zero-order valence-electron chi connectivity index (χ0n) is 21.0. The molecular weight excluding hydrogens is 458 g/mol. The van der Waals surface area contributed by atoms with Crippen molar-refractivity contribution in [2.75, 3.05) is 26.2 Å². The highest BCUT2D eigenvalue weighted by molar-refractivity contribution is 6.00. The van der Waals surface area contributed by atoms with Crippen LogP contribution in [0.3, 0.4) is 0 Å². The lowest BCUT2D eigenvalue weighted by Gasteiger charge is -2.37. The topological polar surface area (TPSA) is 90.4 Å². The van der Waals surface area contributed by atoms with Crippen molar-refractivity contribution in [3.63, 3.8) is 0 Å². The highest BCUT2D eigenvalue weighted by atomic mass is 16.5. The Morgan fingerprint density at radius 3 is 2.53 bits per heavy atom. The van der Waals surface area contributed by atoms with Gasteiger partial charge in [0.1, 0.15) is 11.6 Å². The van der Waals surface area contributed by atoms with Gasteiger partial charge in [-0.2, -0.15) is 0 Å². The zero-order valence-corrected chi connectivity index (χ0v) is 21.0. The van der Waals surface area contributed by atoms with Gasteiger partial charge in [-0.3, -0.25) is 14.4 Å². The quantitative estimate of drug-likeness (QED) is 0.585. The molecule has 0 aromatic heterocycles. The second-order valence-corrected chi connectivity index (χ2v) is 10.3. The first-order valence-electron chi connectivity index (χ1n) is 13.0. The molecule has 5 rings (SSSR count). The predicted octanol–water partition coefficient (Wildman–Crippen LogP) is 1.75. The van der Waals surface area contributed by atoms with Gasteiger partial charge in [0.15, 0.2) is 0 Å². The fraction of sp³-hybridized carbons (Fsp3) is 0.536. The molecule has 6 atom stereocenters. The van der Waals surface area contributed by atoms with Crippen LogP contribution in [0.1, 0.15) is 32.3 Å². The Morgan fingerprint density at radius 2 is 1.81 bits per heavy atom. The molecule has 2 saturated heterocycles. The van der Waals surface area contributed by atoms with Crippen LogP contribution < -0.4 is 0 Å². The number of fused-ring (bicyclic) bond motifs is 2. The molecule has 1 aromatic rings. The summed E-state index contributed by atoms with van der Waals surface area (Å²) in [7, 11) is 0. The normalized spacial score (nSPS) is 32.3. The first-order chi connectivity index (χ1) is 17.4. The lowest BCUT2D eigenvalue weighted by atomic mass is 9.77. The SMILES string of the molecule is CCCCN1CC=C[C@]23O[C@H]4C=CCN(Cc5ccccc5)C(=O)[C@H]4[C@H]2C(=O)N([C@H](C)CO)C3C1=O. The summed E-state index contributed by atoms with van der Waals surface area (Å²) >= 11 is 0. The minimum absolute atomic E-state index is 0.144. The van der Waals surface area contributed by atoms with Gasteiger partial charge in [0.25, 0.3) is 0 Å². The van der Waals surface area contributed by atoms with E-state index < -0.39 is 35.6 Å². The van der Waals surface area contributed by atoms with Crippen LogP contribution in [0, 0.1) is 11.8 Å². The molecule has 4 aliphatic rings. The maximum absolute atomic E-state index is 14.0. The minimum Gasteiger partial charge on any atom is -0.394 e. The maximum Gasteiger partial charge on any atom is 0.249 e. The van der Waals surface area contributed by atoms with Crippen molar-refractivity contribution < 1.29 is 24.2 Å². The number of amides is 3. The Morgan fingerprint density at radius 1 is 1.06 bits per heavy atom. The Bertz CT molecular complexity index is 1070. The van der Waals surface area contributed by atoms with Crippen molar-refractivity contribution in [3.8, 4) is 0 Å². The molecule has 1 spiro atoms. The summed E-state index contributed by atoms with van der Waals surface area (Å²) in [5.41, 5.74) is -0.238. The van der Waals surface area contributed by atoms with Gasteiger partial charge in [-0.05, 0) is 18.9 Å². The molecule has 1 aromatic carbocycles. The summed E-state index contributed by atoms with van der Waals surface area (Å²) in [4.78, 5) is 47.0. The lowest BCUT2D eigenvalue weighted by Crippen LogP contribution is -2.57. The van der Waals surface area contributed by atoms with E-state index >= 15 is 0 Å². The van der Waals surface area contributed by atoms with Crippen molar-refractivity contribution in [2.24, 2.45) is 11.8 Å². The number of likely N-dealkylation sites (tertiary alicyclic amines) is 1. The number of aliphatic hydroxyl groups excluding tert-OH is 1. The molecule has 0 saturated carbocycles. The molecule has 8 nitrogen and oxygen atoms in total. The van der Waals surface area contributed by atoms with E-state index in [1.807, 2.05) is 54.6 Å². The maximum atomic E-state index is 14.0. The fourth-order valence-corrected chi connectivity index (χ4v) is 6.23. The summed E-state index contributed by atoms with van der Waals surface area (Å²) in [5, 5.41) is 10.00. The van der Waals surface area contributed by atoms with E-state index in [-0.39, 0.29) is 24.3 Å². The summed E-state index contributed by atoms with van der Waals surface area (Å²) in [6.07, 6.45) is 8.76. The molecule has 4 aliphatic heterocycles. The van der Waals surface area contributed by atoms with Gasteiger partial charge in [-0.15, -0.1) is 0 Å². The number of ether oxygens (including phenoxy) is 1. The van der Waals surface area contributed by atoms with Gasteiger partial charge in [0, 0.05) is 26.2 Å². The highest BCUT2D eigenvalue weighted by Gasteiger charge is 2.72. The fourth-order valence-electron chi connectivity index (χ4n) is 6.23. The number of carbonyl (C=O) groups is 3. The largest absolute Gasteiger partial charge is 0.394 e. The van der Waals surface area contributed by atoms with Crippen molar-refractivity contribution in [2.45, 2.75) is 57.0 Å². The average molecular weight is 494 g/mol. The third-order valence-electron chi connectivity index (χ3n) is 8.00. The summed E-state index contributed by atoms with van der Waals surface area (Å²) in [6.45, 7) is 5.41. The van der Waals surface area contributed by atoms with Crippen molar-refractivity contribution in [3.05, 3.63) is 60.2 Å². The molecule has 3 amide bonds. The van der Waals surface area contributed by atoms with Crippen LogP contribution in [-0.4, -0.2) is 87.6 Å². The molecule has 8 heteroatoms. The average Bonchev–Trinajstić information content (AvgIpc) is 3.22. The van der Waals surface area contributed by atoms with E-state index in [1.165, 1.54) is 4.90 Å². The summed E-state index contributed by atoms with van der Waals surface area (Å²) in [5.74, 6) is -2.19. The monoisotopic (exact) mass is 493 g/mol. The molecule has 1 unspecified atom stereocenters. The molecule has 1 N–H and O–H groups in total. The molecular formula is C28H35N3O5. The Hall–Kier alpha value is -2.97. The third-order valence-corrected chi connectivity index (χ3v) is 8.00. The molecule has 0 bridgehead atoms. The Balaban J connectivity index is 1.54. The van der Waals surface area contributed by atoms with Crippen LogP contribution in [-0.2, 0) is 25.7 Å². The van der Waals surface area contributed by atoms with Gasteiger partial charge in [0.2, 0.25) is 17.7 Å². The Kier molecular flexibility index (Phi) is 6.74. The number of benzene rings is 1. The number of hydrogen-bond acceptors (Lipinski definition) is 5. The number of aliphatic hydroxyl groups is 1. The van der Waals surface area contributed by atoms with E-state index in [9.17, 15) is 19.5 Å². The molecule has 192 valence electrons. The van der Waals surface area contributed by atoms with Crippen LogP contribution in [0.25, 0.3) is 0 Å². The van der Waals surface area contributed by atoms with Crippen LogP contribution in [0.4, 0.5) is 0 Å². The number of hydrogen-bond donors (Lipinski definition) is 1. The number of unbranched alkanes of at least 4 members (excludes halogenated alkanes) is 1.